The van der Waals surface area contributed by atoms with E-state index in [9.17, 15) is 30.6 Å². The molecule has 0 aromatic carbocycles. The van der Waals surface area contributed by atoms with Gasteiger partial charge in [0.05, 0.1) is 16.1 Å². The van der Waals surface area contributed by atoms with Crippen LogP contribution in [0.15, 0.2) is 0 Å². The first-order chi connectivity index (χ1) is 16.8. The Bertz CT molecular complexity index is 398. The molecule has 0 aliphatic heterocycles. The highest BCUT2D eigenvalue weighted by Gasteiger charge is 2.34. The van der Waals surface area contributed by atoms with Crippen molar-refractivity contribution in [2.24, 2.45) is 0 Å². The van der Waals surface area contributed by atoms with Gasteiger partial charge in [0.2, 0.25) is 0 Å². The van der Waals surface area contributed by atoms with Crippen molar-refractivity contribution in [3.8, 4) is 0 Å². The highest BCUT2D eigenvalue weighted by Crippen LogP contribution is 2.36. The van der Waals surface area contributed by atoms with Crippen molar-refractivity contribution >= 4 is 24.2 Å². The molecule has 0 saturated heterocycles. The van der Waals surface area contributed by atoms with Crippen LogP contribution >= 0.6 is 0 Å². The summed E-state index contributed by atoms with van der Waals surface area (Å²) >= 11 is 0. The van der Waals surface area contributed by atoms with Crippen LogP contribution in [0.5, 0.6) is 0 Å². The second-order valence-corrected chi connectivity index (χ2v) is 27.2. The maximum atomic E-state index is 9.45. The Morgan fingerprint density at radius 1 is 0.314 bits per heavy atom. The average molecular weight is 553 g/mol. The molecule has 0 aliphatic rings. The second-order valence-electron chi connectivity index (χ2n) is 11.8. The van der Waals surface area contributed by atoms with Crippen LogP contribution in [0.3, 0.4) is 0 Å². The summed E-state index contributed by atoms with van der Waals surface area (Å²) in [7, 11) is -4.51. The maximum absolute atomic E-state index is 9.45. The Morgan fingerprint density at radius 3 is 0.714 bits per heavy atom. The molecular formula is C26H60O6Si3. The molecule has 0 spiro atoms. The fourth-order valence-electron chi connectivity index (χ4n) is 6.23. The first-order valence-electron chi connectivity index (χ1n) is 14.4. The maximum Gasteiger partial charge on any atom is 0.0538 e. The molecule has 0 bridgehead atoms. The van der Waals surface area contributed by atoms with Crippen LogP contribution in [0.2, 0.25) is 73.5 Å². The van der Waals surface area contributed by atoms with Crippen molar-refractivity contribution in [3.63, 3.8) is 0 Å². The molecule has 0 fully saturated rings. The molecule has 0 atom stereocenters. The summed E-state index contributed by atoms with van der Waals surface area (Å²) in [4.78, 5) is 0. The summed E-state index contributed by atoms with van der Waals surface area (Å²) in [6, 6.07) is 11.8. The van der Waals surface area contributed by atoms with Gasteiger partial charge in [0.1, 0.15) is 0 Å². The van der Waals surface area contributed by atoms with E-state index in [2.05, 4.69) is 13.1 Å². The predicted octanol–water partition coefficient (Wildman–Crippen LogP) is 4.67. The van der Waals surface area contributed by atoms with E-state index in [0.717, 1.165) is 74.8 Å². The van der Waals surface area contributed by atoms with E-state index in [4.69, 9.17) is 0 Å². The highest BCUT2D eigenvalue weighted by molar-refractivity contribution is 6.81. The van der Waals surface area contributed by atoms with E-state index in [1.165, 1.54) is 37.0 Å². The molecule has 9 heteroatoms. The Balaban J connectivity index is 5.01. The topological polar surface area (TPSA) is 121 Å². The third kappa shape index (κ3) is 16.8. The SMILES string of the molecule is C[Si](C)(CCC[Si](CCCO)(CCCO)CCCO)CCC[Si](CCCO)(CCCO)CCCO. The van der Waals surface area contributed by atoms with Crippen molar-refractivity contribution in [2.75, 3.05) is 39.6 Å². The van der Waals surface area contributed by atoms with Crippen molar-refractivity contribution in [3.05, 3.63) is 0 Å². The first-order valence-corrected chi connectivity index (χ1v) is 23.5. The lowest BCUT2D eigenvalue weighted by molar-refractivity contribution is 0.287. The van der Waals surface area contributed by atoms with Crippen LogP contribution in [-0.4, -0.2) is 94.5 Å². The minimum Gasteiger partial charge on any atom is -0.396 e. The molecule has 0 radical (unpaired) electrons. The van der Waals surface area contributed by atoms with Gasteiger partial charge in [0.25, 0.3) is 0 Å². The minimum atomic E-state index is -1.59. The Labute approximate surface area is 219 Å². The Kier molecular flexibility index (Phi) is 21.6. The summed E-state index contributed by atoms with van der Waals surface area (Å²) in [6.45, 7) is 6.46. The molecule has 0 amide bonds. The van der Waals surface area contributed by atoms with Gasteiger partial charge in [0.15, 0.2) is 0 Å². The lowest BCUT2D eigenvalue weighted by Crippen LogP contribution is -2.37. The van der Waals surface area contributed by atoms with Crippen molar-refractivity contribution in [2.45, 2.75) is 125 Å². The molecule has 0 unspecified atom stereocenters. The highest BCUT2D eigenvalue weighted by atomic mass is 28.3. The number of hydrogen-bond acceptors (Lipinski definition) is 6. The van der Waals surface area contributed by atoms with Gasteiger partial charge >= 0.3 is 0 Å². The van der Waals surface area contributed by atoms with Crippen LogP contribution in [0.1, 0.15) is 51.4 Å². The van der Waals surface area contributed by atoms with Gasteiger partial charge in [-0.1, -0.05) is 86.4 Å². The van der Waals surface area contributed by atoms with E-state index in [1.54, 1.807) is 0 Å². The predicted molar refractivity (Wildman–Crippen MR) is 157 cm³/mol. The third-order valence-electron chi connectivity index (χ3n) is 8.31. The van der Waals surface area contributed by atoms with E-state index in [-0.39, 0.29) is 39.6 Å². The molecule has 6 N–H and O–H groups in total. The molecule has 212 valence electrons. The van der Waals surface area contributed by atoms with E-state index in [1.807, 2.05) is 0 Å². The summed E-state index contributed by atoms with van der Waals surface area (Å²) in [5.74, 6) is 0. The van der Waals surface area contributed by atoms with Crippen LogP contribution in [0.4, 0.5) is 0 Å². The molecule has 6 nitrogen and oxygen atoms in total. The number of hydrogen-bond donors (Lipinski definition) is 6. The van der Waals surface area contributed by atoms with Gasteiger partial charge in [-0.25, -0.2) is 0 Å². The standard InChI is InChI=1S/C26H60O6Si3/c1-33(2,17-9-25-34(19-3-11-27,20-4-12-28)21-5-13-29)18-10-26-35(22-6-14-30,23-7-15-31)24-8-16-32/h27-32H,3-26H2,1-2H3. The van der Waals surface area contributed by atoms with Gasteiger partial charge in [-0.2, -0.15) is 0 Å². The number of aliphatic hydroxyl groups is 6. The molecule has 0 heterocycles. The van der Waals surface area contributed by atoms with Gasteiger partial charge in [-0.05, 0) is 38.5 Å². The summed E-state index contributed by atoms with van der Waals surface area (Å²) in [5.41, 5.74) is 0. The van der Waals surface area contributed by atoms with Gasteiger partial charge in [-0.3, -0.25) is 0 Å². The van der Waals surface area contributed by atoms with Gasteiger partial charge in [-0.15, -0.1) is 0 Å². The van der Waals surface area contributed by atoms with Gasteiger partial charge in [0, 0.05) is 47.7 Å². The smallest absolute Gasteiger partial charge is 0.0538 e. The van der Waals surface area contributed by atoms with Gasteiger partial charge < -0.3 is 30.6 Å². The van der Waals surface area contributed by atoms with E-state index >= 15 is 0 Å². The second kappa shape index (κ2) is 21.4. The largest absolute Gasteiger partial charge is 0.396 e. The van der Waals surface area contributed by atoms with Crippen LogP contribution in [-0.2, 0) is 0 Å². The lowest BCUT2D eigenvalue weighted by Gasteiger charge is -2.35. The molecule has 35 heavy (non-hydrogen) atoms. The summed E-state index contributed by atoms with van der Waals surface area (Å²) in [5, 5.41) is 56.7. The third-order valence-corrected chi connectivity index (χ3v) is 23.0. The summed E-state index contributed by atoms with van der Waals surface area (Å²) < 4.78 is 0. The minimum absolute atomic E-state index is 0.238. The summed E-state index contributed by atoms with van der Waals surface area (Å²) in [6.07, 6.45) is 7.61. The van der Waals surface area contributed by atoms with Crippen LogP contribution < -0.4 is 0 Å². The molecular weight excluding hydrogens is 493 g/mol. The zero-order chi connectivity index (χ0) is 26.5. The zero-order valence-corrected chi connectivity index (χ0v) is 26.2. The van der Waals surface area contributed by atoms with Crippen LogP contribution in [0, 0.1) is 0 Å². The van der Waals surface area contributed by atoms with Crippen molar-refractivity contribution in [1.82, 2.24) is 0 Å². The quantitative estimate of drug-likeness (QED) is 0.0868. The lowest BCUT2D eigenvalue weighted by atomic mass is 10.5. The van der Waals surface area contributed by atoms with Crippen molar-refractivity contribution in [1.29, 1.82) is 0 Å². The Morgan fingerprint density at radius 2 is 0.514 bits per heavy atom. The number of aliphatic hydroxyl groups excluding tert-OH is 6. The average Bonchev–Trinajstić information content (AvgIpc) is 2.85. The zero-order valence-electron chi connectivity index (χ0n) is 23.2. The van der Waals surface area contributed by atoms with Crippen molar-refractivity contribution < 1.29 is 30.6 Å². The molecule has 0 aromatic heterocycles. The fraction of sp³-hybridized carbons (Fsp3) is 1.00. The molecule has 0 rings (SSSR count). The molecule has 0 aliphatic carbocycles. The Hall–Kier alpha value is 0.411. The van der Waals surface area contributed by atoms with E-state index in [0.29, 0.717) is 0 Å². The molecule has 0 aromatic rings. The number of rotatable bonds is 26. The molecule has 0 saturated carbocycles. The van der Waals surface area contributed by atoms with Crippen LogP contribution in [0.25, 0.3) is 0 Å². The fourth-order valence-corrected chi connectivity index (χ4v) is 19.8. The van der Waals surface area contributed by atoms with E-state index < -0.39 is 24.2 Å². The monoisotopic (exact) mass is 552 g/mol. The first kappa shape index (κ1) is 35.4. The normalized spacial score (nSPS) is 13.0.